The maximum atomic E-state index is 11.9. The molecule has 0 spiro atoms. The number of quaternary nitrogens is 1. The monoisotopic (exact) mass is 310 g/mol. The fourth-order valence-electron chi connectivity index (χ4n) is 2.89. The van der Waals surface area contributed by atoms with E-state index in [1.807, 2.05) is 24.3 Å². The minimum atomic E-state index is -0.381. The Morgan fingerprint density at radius 1 is 1.09 bits per heavy atom. The van der Waals surface area contributed by atoms with E-state index in [4.69, 9.17) is 4.42 Å². The van der Waals surface area contributed by atoms with Crippen molar-refractivity contribution in [2.24, 2.45) is 0 Å². The van der Waals surface area contributed by atoms with Gasteiger partial charge < -0.3 is 14.4 Å². The first-order chi connectivity index (χ1) is 11.0. The summed E-state index contributed by atoms with van der Waals surface area (Å²) in [6.07, 6.45) is 0. The summed E-state index contributed by atoms with van der Waals surface area (Å²) in [6, 6.07) is 15.3. The second-order valence-electron chi connectivity index (χ2n) is 5.97. The van der Waals surface area contributed by atoms with Crippen LogP contribution in [0.5, 0.6) is 5.75 Å². The van der Waals surface area contributed by atoms with Crippen LogP contribution < -0.4 is 10.5 Å². The maximum Gasteiger partial charge on any atom is 0.336 e. The molecule has 0 aliphatic rings. The quantitative estimate of drug-likeness (QED) is 0.725. The lowest BCUT2D eigenvalue weighted by Crippen LogP contribution is -3.06. The van der Waals surface area contributed by atoms with Crippen LogP contribution in [0, 0.1) is 6.92 Å². The topological polar surface area (TPSA) is 54.9 Å². The van der Waals surface area contributed by atoms with Crippen LogP contribution in [0.2, 0.25) is 0 Å². The number of aryl methyl sites for hydroxylation is 1. The van der Waals surface area contributed by atoms with Crippen molar-refractivity contribution in [3.05, 3.63) is 75.6 Å². The van der Waals surface area contributed by atoms with Gasteiger partial charge in [0.2, 0.25) is 0 Å². The van der Waals surface area contributed by atoms with E-state index in [0.717, 1.165) is 17.5 Å². The third-order valence-electron chi connectivity index (χ3n) is 4.06. The molecular weight excluding hydrogens is 290 g/mol. The van der Waals surface area contributed by atoms with Gasteiger partial charge in [-0.1, -0.05) is 30.3 Å². The summed E-state index contributed by atoms with van der Waals surface area (Å²) in [5, 5.41) is 10.7. The molecule has 0 aliphatic carbocycles. The number of benzene rings is 2. The van der Waals surface area contributed by atoms with Crippen LogP contribution in [0.25, 0.3) is 11.0 Å². The number of phenols is 1. The van der Waals surface area contributed by atoms with Crippen LogP contribution in [-0.2, 0) is 13.1 Å². The van der Waals surface area contributed by atoms with Crippen molar-refractivity contribution >= 4 is 11.0 Å². The Bertz CT molecular complexity index is 884. The number of hydrogen-bond donors (Lipinski definition) is 2. The highest BCUT2D eigenvalue weighted by Gasteiger charge is 2.14. The van der Waals surface area contributed by atoms with E-state index >= 15 is 0 Å². The first-order valence-electron chi connectivity index (χ1n) is 7.65. The number of nitrogens with one attached hydrogen (secondary N) is 1. The Morgan fingerprint density at radius 2 is 1.83 bits per heavy atom. The highest BCUT2D eigenvalue weighted by molar-refractivity contribution is 5.84. The first kappa shape index (κ1) is 15.3. The summed E-state index contributed by atoms with van der Waals surface area (Å²) in [5.74, 6) is 0.141. The molecule has 1 aromatic heterocycles. The summed E-state index contributed by atoms with van der Waals surface area (Å²) in [4.78, 5) is 13.1. The first-order valence-corrected chi connectivity index (χ1v) is 7.65. The van der Waals surface area contributed by atoms with Gasteiger partial charge in [0.1, 0.15) is 24.4 Å². The van der Waals surface area contributed by atoms with Crippen LogP contribution in [0.1, 0.15) is 16.7 Å². The minimum absolute atomic E-state index is 0.141. The molecule has 1 atom stereocenters. The van der Waals surface area contributed by atoms with Gasteiger partial charge in [0, 0.05) is 28.1 Å². The van der Waals surface area contributed by atoms with Crippen LogP contribution in [0.3, 0.4) is 0 Å². The van der Waals surface area contributed by atoms with Gasteiger partial charge in [-0.3, -0.25) is 0 Å². The summed E-state index contributed by atoms with van der Waals surface area (Å²) in [6.45, 7) is 3.34. The minimum Gasteiger partial charge on any atom is -0.508 e. The fourth-order valence-corrected chi connectivity index (χ4v) is 2.89. The van der Waals surface area contributed by atoms with Gasteiger partial charge in [0.25, 0.3) is 0 Å². The maximum absolute atomic E-state index is 11.9. The molecule has 3 rings (SSSR count). The molecule has 0 radical (unpaired) electrons. The number of hydrogen-bond acceptors (Lipinski definition) is 3. The lowest BCUT2D eigenvalue weighted by Gasteiger charge is -2.15. The molecule has 0 saturated carbocycles. The van der Waals surface area contributed by atoms with Crippen LogP contribution >= 0.6 is 0 Å². The van der Waals surface area contributed by atoms with Gasteiger partial charge >= 0.3 is 5.63 Å². The Balaban J connectivity index is 1.93. The molecule has 0 amide bonds. The molecule has 1 unspecified atom stereocenters. The third-order valence-corrected chi connectivity index (χ3v) is 4.06. The second kappa shape index (κ2) is 6.26. The summed E-state index contributed by atoms with van der Waals surface area (Å²) in [5.41, 5.74) is 2.88. The molecule has 2 N–H and O–H groups in total. The third kappa shape index (κ3) is 3.27. The molecule has 23 heavy (non-hydrogen) atoms. The van der Waals surface area contributed by atoms with Gasteiger partial charge in [0.15, 0.2) is 0 Å². The van der Waals surface area contributed by atoms with Gasteiger partial charge in [-0.25, -0.2) is 4.79 Å². The Labute approximate surface area is 134 Å². The molecule has 118 valence electrons. The molecule has 0 bridgehead atoms. The molecule has 2 aromatic carbocycles. The average molecular weight is 310 g/mol. The Hall–Kier alpha value is -2.59. The molecule has 0 fully saturated rings. The van der Waals surface area contributed by atoms with Gasteiger partial charge in [-0.05, 0) is 19.1 Å². The predicted molar refractivity (Wildman–Crippen MR) is 89.6 cm³/mol. The van der Waals surface area contributed by atoms with Crippen molar-refractivity contribution in [3.63, 3.8) is 0 Å². The normalized spacial score (nSPS) is 12.4. The summed E-state index contributed by atoms with van der Waals surface area (Å²) in [7, 11) is 2.10. The zero-order valence-electron chi connectivity index (χ0n) is 13.3. The van der Waals surface area contributed by atoms with Gasteiger partial charge in [0.05, 0.1) is 7.05 Å². The van der Waals surface area contributed by atoms with E-state index < -0.39 is 0 Å². The van der Waals surface area contributed by atoms with E-state index in [9.17, 15) is 9.90 Å². The predicted octanol–water partition coefficient (Wildman–Crippen LogP) is 2.02. The standard InChI is InChI=1S/C19H19NO3/c1-13-17(21)9-8-16-15(10-18(22)23-19(13)16)12-20(2)11-14-6-4-3-5-7-14/h3-10,21H,11-12H2,1-2H3/p+1. The molecule has 4 heteroatoms. The number of rotatable bonds is 4. The molecule has 1 heterocycles. The summed E-state index contributed by atoms with van der Waals surface area (Å²) >= 11 is 0. The number of fused-ring (bicyclic) bond motifs is 1. The number of aromatic hydroxyl groups is 1. The number of phenolic OH excluding ortho intramolecular Hbond substituents is 1. The van der Waals surface area contributed by atoms with Crippen molar-refractivity contribution in [2.45, 2.75) is 20.0 Å². The van der Waals surface area contributed by atoms with Gasteiger partial charge in [-0.15, -0.1) is 0 Å². The van der Waals surface area contributed by atoms with E-state index in [0.29, 0.717) is 17.7 Å². The van der Waals surface area contributed by atoms with Crippen molar-refractivity contribution in [1.29, 1.82) is 0 Å². The lowest BCUT2D eigenvalue weighted by molar-refractivity contribution is -0.907. The summed E-state index contributed by atoms with van der Waals surface area (Å²) < 4.78 is 5.29. The molecule has 0 aliphatic heterocycles. The van der Waals surface area contributed by atoms with Crippen molar-refractivity contribution in [2.75, 3.05) is 7.05 Å². The van der Waals surface area contributed by atoms with Crippen molar-refractivity contribution in [3.8, 4) is 5.75 Å². The highest BCUT2D eigenvalue weighted by atomic mass is 16.4. The highest BCUT2D eigenvalue weighted by Crippen LogP contribution is 2.27. The van der Waals surface area contributed by atoms with Crippen LogP contribution in [0.4, 0.5) is 0 Å². The van der Waals surface area contributed by atoms with E-state index in [1.165, 1.54) is 10.5 Å². The molecular formula is C19H20NO3+. The fraction of sp³-hybridized carbons (Fsp3) is 0.211. The second-order valence-corrected chi connectivity index (χ2v) is 5.97. The Kier molecular flexibility index (Phi) is 4.17. The van der Waals surface area contributed by atoms with Crippen molar-refractivity contribution in [1.82, 2.24) is 0 Å². The smallest absolute Gasteiger partial charge is 0.336 e. The molecule has 0 saturated heterocycles. The van der Waals surface area contributed by atoms with Crippen molar-refractivity contribution < 1.29 is 14.4 Å². The average Bonchev–Trinajstić information content (AvgIpc) is 2.52. The van der Waals surface area contributed by atoms with Crippen LogP contribution in [-0.4, -0.2) is 12.2 Å². The lowest BCUT2D eigenvalue weighted by atomic mass is 10.1. The molecule has 3 aromatic rings. The SMILES string of the molecule is Cc1c(O)ccc2c(C[NH+](C)Cc3ccccc3)cc(=O)oc12. The Morgan fingerprint density at radius 3 is 2.57 bits per heavy atom. The zero-order chi connectivity index (χ0) is 16.4. The van der Waals surface area contributed by atoms with E-state index in [-0.39, 0.29) is 11.4 Å². The largest absolute Gasteiger partial charge is 0.508 e. The van der Waals surface area contributed by atoms with Crippen LogP contribution in [0.15, 0.2) is 57.7 Å². The van der Waals surface area contributed by atoms with E-state index in [1.54, 1.807) is 19.1 Å². The van der Waals surface area contributed by atoms with E-state index in [2.05, 4.69) is 19.2 Å². The van der Waals surface area contributed by atoms with Gasteiger partial charge in [-0.2, -0.15) is 0 Å². The molecule has 4 nitrogen and oxygen atoms in total. The zero-order valence-corrected chi connectivity index (χ0v) is 13.3.